The van der Waals surface area contributed by atoms with E-state index in [2.05, 4.69) is 10.3 Å². The van der Waals surface area contributed by atoms with Gasteiger partial charge in [-0.05, 0) is 31.0 Å². The van der Waals surface area contributed by atoms with Crippen LogP contribution in [0.5, 0.6) is 0 Å². The van der Waals surface area contributed by atoms with Gasteiger partial charge in [0.15, 0.2) is 0 Å². The summed E-state index contributed by atoms with van der Waals surface area (Å²) in [6.07, 6.45) is 4.64. The van der Waals surface area contributed by atoms with Crippen molar-refractivity contribution in [3.8, 4) is 0 Å². The fourth-order valence-corrected chi connectivity index (χ4v) is 4.97. The van der Waals surface area contributed by atoms with E-state index in [0.717, 1.165) is 5.69 Å². The van der Waals surface area contributed by atoms with E-state index in [1.165, 1.54) is 21.1 Å². The quantitative estimate of drug-likeness (QED) is 0.666. The Morgan fingerprint density at radius 2 is 2.00 bits per heavy atom. The topological polar surface area (TPSA) is 127 Å². The van der Waals surface area contributed by atoms with Gasteiger partial charge in [-0.25, -0.2) is 8.42 Å². The van der Waals surface area contributed by atoms with Crippen molar-refractivity contribution >= 4 is 21.8 Å². The second-order valence-electron chi connectivity index (χ2n) is 7.08. The van der Waals surface area contributed by atoms with Gasteiger partial charge in [0.2, 0.25) is 15.9 Å². The number of carbonyl (C=O) groups excluding carboxylic acids is 2. The summed E-state index contributed by atoms with van der Waals surface area (Å²) in [5.41, 5.74) is 6.30. The van der Waals surface area contributed by atoms with Crippen molar-refractivity contribution in [3.05, 3.63) is 48.0 Å². The number of carbonyl (C=O) groups is 2. The van der Waals surface area contributed by atoms with Crippen LogP contribution in [0.1, 0.15) is 29.0 Å². The van der Waals surface area contributed by atoms with Crippen LogP contribution in [0.15, 0.2) is 41.6 Å². The van der Waals surface area contributed by atoms with E-state index in [1.54, 1.807) is 13.2 Å². The highest BCUT2D eigenvalue weighted by Crippen LogP contribution is 2.25. The average Bonchev–Trinajstić information content (AvgIpc) is 3.11. The third kappa shape index (κ3) is 4.83. The summed E-state index contributed by atoms with van der Waals surface area (Å²) in [6.45, 7) is 0.997. The molecule has 2 amide bonds. The predicted molar refractivity (Wildman–Crippen MR) is 106 cm³/mol. The van der Waals surface area contributed by atoms with E-state index in [-0.39, 0.29) is 35.5 Å². The van der Waals surface area contributed by atoms with Crippen LogP contribution in [-0.2, 0) is 28.3 Å². The number of pyridine rings is 1. The first-order chi connectivity index (χ1) is 13.8. The summed E-state index contributed by atoms with van der Waals surface area (Å²) in [5, 5.41) is 2.91. The summed E-state index contributed by atoms with van der Waals surface area (Å²) < 4.78 is 28.4. The van der Waals surface area contributed by atoms with Gasteiger partial charge in [-0.3, -0.25) is 14.6 Å². The van der Waals surface area contributed by atoms with Crippen LogP contribution in [0.2, 0.25) is 0 Å². The molecule has 0 atom stereocenters. The molecule has 1 aliphatic heterocycles. The molecule has 10 heteroatoms. The number of piperidine rings is 1. The van der Waals surface area contributed by atoms with Crippen molar-refractivity contribution < 1.29 is 18.0 Å². The van der Waals surface area contributed by atoms with Gasteiger partial charge in [0.1, 0.15) is 10.6 Å². The van der Waals surface area contributed by atoms with Crippen LogP contribution in [-0.4, -0.2) is 53.7 Å². The average molecular weight is 420 g/mol. The number of aromatic nitrogens is 2. The molecule has 1 aliphatic rings. The minimum absolute atomic E-state index is 0.0343. The lowest BCUT2D eigenvalue weighted by Gasteiger charge is -2.30. The molecule has 3 N–H and O–H groups in total. The third-order valence-corrected chi connectivity index (χ3v) is 6.97. The number of hydrogen-bond acceptors (Lipinski definition) is 5. The number of nitrogens with one attached hydrogen (secondary N) is 1. The second-order valence-corrected chi connectivity index (χ2v) is 9.01. The van der Waals surface area contributed by atoms with Gasteiger partial charge in [-0.2, -0.15) is 4.31 Å². The second kappa shape index (κ2) is 8.75. The van der Waals surface area contributed by atoms with Crippen molar-refractivity contribution in [2.75, 3.05) is 19.6 Å². The van der Waals surface area contributed by atoms with Gasteiger partial charge in [0, 0.05) is 57.1 Å². The first-order valence-electron chi connectivity index (χ1n) is 9.43. The lowest BCUT2D eigenvalue weighted by atomic mass is 9.97. The smallest absolute Gasteiger partial charge is 0.265 e. The summed E-state index contributed by atoms with van der Waals surface area (Å²) in [5.74, 6) is -0.967. The Morgan fingerprint density at radius 3 is 2.59 bits per heavy atom. The minimum atomic E-state index is -3.73. The maximum absolute atomic E-state index is 12.8. The molecule has 3 rings (SSSR count). The zero-order valence-electron chi connectivity index (χ0n) is 16.2. The maximum atomic E-state index is 12.8. The molecular weight excluding hydrogens is 394 g/mol. The van der Waals surface area contributed by atoms with Gasteiger partial charge < -0.3 is 15.6 Å². The standard InChI is InChI=1S/C19H25N5O4S/c1-23-13-16(12-17(23)18(20)25)29(27,28)24-10-6-14(7-11-24)19(26)22-9-5-15-4-2-3-8-21-15/h2-4,8,12-14H,5-7,9-11H2,1H3,(H2,20,25)(H,22,26). The van der Waals surface area contributed by atoms with E-state index in [9.17, 15) is 18.0 Å². The number of rotatable bonds is 7. The molecule has 9 nitrogen and oxygen atoms in total. The Balaban J connectivity index is 1.53. The number of nitrogens with two attached hydrogens (primary N) is 1. The van der Waals surface area contributed by atoms with E-state index < -0.39 is 15.9 Å². The number of sulfonamides is 1. The van der Waals surface area contributed by atoms with Crippen molar-refractivity contribution in [1.29, 1.82) is 0 Å². The number of aryl methyl sites for hydroxylation is 1. The zero-order chi connectivity index (χ0) is 21.0. The molecule has 0 saturated carbocycles. The molecule has 0 aromatic carbocycles. The summed E-state index contributed by atoms with van der Waals surface area (Å²) in [6, 6.07) is 6.93. The van der Waals surface area contributed by atoms with Gasteiger partial charge in [-0.15, -0.1) is 0 Å². The predicted octanol–water partition coefficient (Wildman–Crippen LogP) is 0.279. The molecule has 1 saturated heterocycles. The number of nitrogens with zero attached hydrogens (tertiary/aromatic N) is 3. The molecule has 0 spiro atoms. The van der Waals surface area contributed by atoms with E-state index in [4.69, 9.17) is 5.73 Å². The molecule has 0 unspecified atom stereocenters. The molecule has 29 heavy (non-hydrogen) atoms. The molecule has 0 radical (unpaired) electrons. The van der Waals surface area contributed by atoms with Crippen LogP contribution in [0.3, 0.4) is 0 Å². The molecular formula is C19H25N5O4S. The van der Waals surface area contributed by atoms with Crippen molar-refractivity contribution in [3.63, 3.8) is 0 Å². The van der Waals surface area contributed by atoms with Gasteiger partial charge >= 0.3 is 0 Å². The summed E-state index contributed by atoms with van der Waals surface area (Å²) >= 11 is 0. The Morgan fingerprint density at radius 1 is 1.28 bits per heavy atom. The molecule has 2 aromatic rings. The van der Waals surface area contributed by atoms with Gasteiger partial charge in [-0.1, -0.05) is 6.07 Å². The third-order valence-electron chi connectivity index (χ3n) is 5.10. The zero-order valence-corrected chi connectivity index (χ0v) is 17.1. The largest absolute Gasteiger partial charge is 0.364 e. The Labute approximate surface area is 170 Å². The highest BCUT2D eigenvalue weighted by Gasteiger charge is 2.33. The normalized spacial score (nSPS) is 15.9. The summed E-state index contributed by atoms with van der Waals surface area (Å²) in [7, 11) is -2.16. The van der Waals surface area contributed by atoms with Gasteiger partial charge in [0.25, 0.3) is 5.91 Å². The maximum Gasteiger partial charge on any atom is 0.265 e. The lowest BCUT2D eigenvalue weighted by Crippen LogP contribution is -2.43. The summed E-state index contributed by atoms with van der Waals surface area (Å²) in [4.78, 5) is 28.0. The SMILES string of the molecule is Cn1cc(S(=O)(=O)N2CCC(C(=O)NCCc3ccccn3)CC2)cc1C(N)=O. The fraction of sp³-hybridized carbons (Fsp3) is 0.421. The van der Waals surface area contributed by atoms with Crippen molar-refractivity contribution in [2.45, 2.75) is 24.2 Å². The van der Waals surface area contributed by atoms with E-state index >= 15 is 0 Å². The van der Waals surface area contributed by atoms with Crippen LogP contribution in [0, 0.1) is 5.92 Å². The van der Waals surface area contributed by atoms with Crippen LogP contribution in [0.4, 0.5) is 0 Å². The van der Waals surface area contributed by atoms with Crippen molar-refractivity contribution in [2.24, 2.45) is 18.7 Å². The Kier molecular flexibility index (Phi) is 6.33. The van der Waals surface area contributed by atoms with Crippen LogP contribution in [0.25, 0.3) is 0 Å². The Hall–Kier alpha value is -2.72. The molecule has 0 aliphatic carbocycles. The number of hydrogen-bond donors (Lipinski definition) is 2. The van der Waals surface area contributed by atoms with E-state index in [0.29, 0.717) is 25.8 Å². The lowest BCUT2D eigenvalue weighted by molar-refractivity contribution is -0.126. The molecule has 3 heterocycles. The molecule has 156 valence electrons. The first-order valence-corrected chi connectivity index (χ1v) is 10.9. The Bertz CT molecular complexity index is 979. The highest BCUT2D eigenvalue weighted by atomic mass is 32.2. The molecule has 1 fully saturated rings. The first kappa shape index (κ1) is 21.0. The van der Waals surface area contributed by atoms with Crippen LogP contribution < -0.4 is 11.1 Å². The van der Waals surface area contributed by atoms with E-state index in [1.807, 2.05) is 18.2 Å². The molecule has 0 bridgehead atoms. The van der Waals surface area contributed by atoms with Crippen LogP contribution >= 0.6 is 0 Å². The number of primary amides is 1. The molecule has 2 aromatic heterocycles. The highest BCUT2D eigenvalue weighted by molar-refractivity contribution is 7.89. The van der Waals surface area contributed by atoms with Gasteiger partial charge in [0.05, 0.1) is 0 Å². The number of amides is 2. The monoisotopic (exact) mass is 419 g/mol. The minimum Gasteiger partial charge on any atom is -0.364 e. The fourth-order valence-electron chi connectivity index (χ4n) is 3.43. The van der Waals surface area contributed by atoms with Crippen molar-refractivity contribution in [1.82, 2.24) is 19.2 Å².